The quantitative estimate of drug-likeness (QED) is 0.882. The van der Waals surface area contributed by atoms with E-state index < -0.39 is 11.9 Å². The molecule has 0 aliphatic carbocycles. The molecule has 1 amide bonds. The van der Waals surface area contributed by atoms with Crippen molar-refractivity contribution in [1.82, 2.24) is 9.88 Å². The van der Waals surface area contributed by atoms with Gasteiger partial charge < -0.3 is 19.5 Å². The topological polar surface area (TPSA) is 89.0 Å². The second-order valence-corrected chi connectivity index (χ2v) is 6.10. The standard InChI is InChI=1S/C19H20N2O5/c1-25-13-6-3-5-12(9-13)15-10-21(11-16(15)19(23)24)18(22)14-7-4-8-20-17(14)26-2/h3-9,15-16H,10-11H2,1-2H3,(H,23,24)/t15-,16+/m0/s1. The minimum atomic E-state index is -0.925. The first-order valence-corrected chi connectivity index (χ1v) is 8.20. The third kappa shape index (κ3) is 3.33. The number of likely N-dealkylation sites (tertiary alicyclic amines) is 1. The van der Waals surface area contributed by atoms with Crippen molar-refractivity contribution in [2.45, 2.75) is 5.92 Å². The highest BCUT2D eigenvalue weighted by Crippen LogP contribution is 2.35. The van der Waals surface area contributed by atoms with E-state index in [1.54, 1.807) is 36.4 Å². The van der Waals surface area contributed by atoms with Crippen molar-refractivity contribution >= 4 is 11.9 Å². The molecule has 0 radical (unpaired) electrons. The number of hydrogen-bond acceptors (Lipinski definition) is 5. The van der Waals surface area contributed by atoms with Gasteiger partial charge in [-0.05, 0) is 29.8 Å². The number of ether oxygens (including phenoxy) is 2. The van der Waals surface area contributed by atoms with Crippen molar-refractivity contribution < 1.29 is 24.2 Å². The number of carboxylic acid groups (broad SMARTS) is 1. The van der Waals surface area contributed by atoms with Crippen LogP contribution in [0.3, 0.4) is 0 Å². The number of hydrogen-bond donors (Lipinski definition) is 1. The van der Waals surface area contributed by atoms with Gasteiger partial charge in [0.05, 0.1) is 20.1 Å². The third-order valence-electron chi connectivity index (χ3n) is 4.64. The van der Waals surface area contributed by atoms with Gasteiger partial charge in [0.2, 0.25) is 5.88 Å². The van der Waals surface area contributed by atoms with Crippen molar-refractivity contribution in [2.75, 3.05) is 27.3 Å². The van der Waals surface area contributed by atoms with Crippen molar-refractivity contribution in [1.29, 1.82) is 0 Å². The zero-order valence-corrected chi connectivity index (χ0v) is 14.6. The number of aliphatic carboxylic acids is 1. The minimum Gasteiger partial charge on any atom is -0.497 e. The minimum absolute atomic E-state index is 0.133. The van der Waals surface area contributed by atoms with Gasteiger partial charge in [0, 0.05) is 25.2 Å². The Hall–Kier alpha value is -3.09. The maximum absolute atomic E-state index is 12.9. The van der Waals surface area contributed by atoms with Gasteiger partial charge >= 0.3 is 5.97 Å². The second kappa shape index (κ2) is 7.43. The largest absolute Gasteiger partial charge is 0.497 e. The first kappa shape index (κ1) is 17.7. The van der Waals surface area contributed by atoms with E-state index in [9.17, 15) is 14.7 Å². The van der Waals surface area contributed by atoms with Gasteiger partial charge in [-0.1, -0.05) is 12.1 Å². The number of nitrogens with zero attached hydrogens (tertiary/aromatic N) is 2. The molecule has 1 saturated heterocycles. The Labute approximate surface area is 151 Å². The predicted molar refractivity (Wildman–Crippen MR) is 93.6 cm³/mol. The highest BCUT2D eigenvalue weighted by Gasteiger charge is 2.41. The third-order valence-corrected chi connectivity index (χ3v) is 4.64. The van der Waals surface area contributed by atoms with Gasteiger partial charge in [0.1, 0.15) is 11.3 Å². The Bertz CT molecular complexity index is 823. The number of rotatable bonds is 5. The monoisotopic (exact) mass is 356 g/mol. The fourth-order valence-electron chi connectivity index (χ4n) is 3.32. The highest BCUT2D eigenvalue weighted by molar-refractivity contribution is 5.97. The van der Waals surface area contributed by atoms with Crippen LogP contribution in [0.25, 0.3) is 0 Å². The summed E-state index contributed by atoms with van der Waals surface area (Å²) in [5.41, 5.74) is 1.16. The van der Waals surface area contributed by atoms with E-state index in [1.165, 1.54) is 7.11 Å². The van der Waals surface area contributed by atoms with Gasteiger partial charge in [0.15, 0.2) is 0 Å². The summed E-state index contributed by atoms with van der Waals surface area (Å²) in [6.45, 7) is 0.440. The van der Waals surface area contributed by atoms with E-state index in [-0.39, 0.29) is 24.2 Å². The van der Waals surface area contributed by atoms with E-state index >= 15 is 0 Å². The summed E-state index contributed by atoms with van der Waals surface area (Å²) < 4.78 is 10.4. The molecule has 2 atom stereocenters. The van der Waals surface area contributed by atoms with Crippen LogP contribution in [0, 0.1) is 5.92 Å². The van der Waals surface area contributed by atoms with Crippen molar-refractivity contribution in [3.63, 3.8) is 0 Å². The molecule has 1 aromatic carbocycles. The number of pyridine rings is 1. The van der Waals surface area contributed by atoms with Crippen LogP contribution in [0.4, 0.5) is 0 Å². The Balaban J connectivity index is 1.89. The predicted octanol–water partition coefficient (Wildman–Crippen LogP) is 2.04. The van der Waals surface area contributed by atoms with Crippen LogP contribution in [0.2, 0.25) is 0 Å². The number of benzene rings is 1. The molecule has 0 spiro atoms. The van der Waals surface area contributed by atoms with E-state index in [0.29, 0.717) is 17.9 Å². The molecule has 0 unspecified atom stereocenters. The van der Waals surface area contributed by atoms with E-state index in [2.05, 4.69) is 4.98 Å². The highest BCUT2D eigenvalue weighted by atomic mass is 16.5. The lowest BCUT2D eigenvalue weighted by Gasteiger charge is -2.18. The van der Waals surface area contributed by atoms with Crippen LogP contribution in [-0.2, 0) is 4.79 Å². The summed E-state index contributed by atoms with van der Waals surface area (Å²) in [5, 5.41) is 9.64. The lowest BCUT2D eigenvalue weighted by molar-refractivity contribution is -0.141. The summed E-state index contributed by atoms with van der Waals surface area (Å²) >= 11 is 0. The zero-order valence-electron chi connectivity index (χ0n) is 14.6. The molecule has 2 heterocycles. The van der Waals surface area contributed by atoms with Gasteiger partial charge in [-0.2, -0.15) is 0 Å². The molecule has 1 N–H and O–H groups in total. The average Bonchev–Trinajstić information content (AvgIpc) is 3.13. The van der Waals surface area contributed by atoms with Crippen LogP contribution in [-0.4, -0.2) is 54.2 Å². The second-order valence-electron chi connectivity index (χ2n) is 6.10. The smallest absolute Gasteiger partial charge is 0.308 e. The molecule has 136 valence electrons. The molecule has 0 bridgehead atoms. The van der Waals surface area contributed by atoms with Gasteiger partial charge in [0.25, 0.3) is 5.91 Å². The first-order chi connectivity index (χ1) is 12.5. The van der Waals surface area contributed by atoms with Crippen LogP contribution in [0.1, 0.15) is 21.8 Å². The summed E-state index contributed by atoms with van der Waals surface area (Å²) in [6, 6.07) is 10.6. The van der Waals surface area contributed by atoms with Gasteiger partial charge in [-0.15, -0.1) is 0 Å². The van der Waals surface area contributed by atoms with Crippen molar-refractivity contribution in [3.05, 3.63) is 53.7 Å². The SMILES string of the molecule is COc1cccc([C@@H]2CN(C(=O)c3cccnc3OC)C[C@H]2C(=O)O)c1. The summed E-state index contributed by atoms with van der Waals surface area (Å²) in [7, 11) is 3.01. The molecule has 1 fully saturated rings. The molecule has 7 heteroatoms. The average molecular weight is 356 g/mol. The Kier molecular flexibility index (Phi) is 5.06. The molecule has 0 saturated carbocycles. The van der Waals surface area contributed by atoms with Crippen LogP contribution in [0.5, 0.6) is 11.6 Å². The molecular weight excluding hydrogens is 336 g/mol. The molecule has 26 heavy (non-hydrogen) atoms. The van der Waals surface area contributed by atoms with E-state index in [1.807, 2.05) is 18.2 Å². The van der Waals surface area contributed by atoms with Gasteiger partial charge in [-0.25, -0.2) is 4.98 Å². The lowest BCUT2D eigenvalue weighted by atomic mass is 9.89. The Morgan fingerprint density at radius 3 is 2.65 bits per heavy atom. The zero-order chi connectivity index (χ0) is 18.7. The van der Waals surface area contributed by atoms with E-state index in [4.69, 9.17) is 9.47 Å². The van der Waals surface area contributed by atoms with Crippen molar-refractivity contribution in [2.24, 2.45) is 5.92 Å². The number of amides is 1. The molecular formula is C19H20N2O5. The maximum Gasteiger partial charge on any atom is 0.308 e. The van der Waals surface area contributed by atoms with Crippen LogP contribution < -0.4 is 9.47 Å². The molecule has 1 aliphatic heterocycles. The molecule has 7 nitrogen and oxygen atoms in total. The number of methoxy groups -OCH3 is 2. The van der Waals surface area contributed by atoms with E-state index in [0.717, 1.165) is 5.56 Å². The number of carbonyl (C=O) groups is 2. The summed E-state index contributed by atoms with van der Waals surface area (Å²) in [4.78, 5) is 30.2. The van der Waals surface area contributed by atoms with Crippen LogP contribution in [0.15, 0.2) is 42.6 Å². The number of carboxylic acids is 1. The number of carbonyl (C=O) groups excluding carboxylic acids is 1. The Morgan fingerprint density at radius 1 is 1.15 bits per heavy atom. The molecule has 3 rings (SSSR count). The van der Waals surface area contributed by atoms with Gasteiger partial charge in [-0.3, -0.25) is 9.59 Å². The maximum atomic E-state index is 12.9. The van der Waals surface area contributed by atoms with Crippen molar-refractivity contribution in [3.8, 4) is 11.6 Å². The first-order valence-electron chi connectivity index (χ1n) is 8.20. The molecule has 2 aromatic rings. The van der Waals surface area contributed by atoms with Crippen LogP contribution >= 0.6 is 0 Å². The Morgan fingerprint density at radius 2 is 1.96 bits per heavy atom. The lowest BCUT2D eigenvalue weighted by Crippen LogP contribution is -2.30. The molecule has 1 aromatic heterocycles. The summed E-state index contributed by atoms with van der Waals surface area (Å²) in [5.74, 6) is -1.32. The fourth-order valence-corrected chi connectivity index (χ4v) is 3.32. The molecule has 1 aliphatic rings. The number of aromatic nitrogens is 1. The summed E-state index contributed by atoms with van der Waals surface area (Å²) in [6.07, 6.45) is 1.54. The fraction of sp³-hybridized carbons (Fsp3) is 0.316. The normalized spacial score (nSPS) is 19.2.